The van der Waals surface area contributed by atoms with Crippen LogP contribution in [0.2, 0.25) is 5.02 Å². The Morgan fingerprint density at radius 3 is 2.92 bits per heavy atom. The maximum Gasteiger partial charge on any atom is 0.237 e. The number of thioether (sulfide) groups is 1. The van der Waals surface area contributed by atoms with Gasteiger partial charge < -0.3 is 11.2 Å². The number of rotatable bonds is 5. The Bertz CT molecular complexity index is 849. The van der Waals surface area contributed by atoms with E-state index in [0.717, 1.165) is 4.88 Å². The maximum atomic E-state index is 12.3. The molecule has 0 bridgehead atoms. The van der Waals surface area contributed by atoms with Crippen LogP contribution in [-0.4, -0.2) is 26.0 Å². The van der Waals surface area contributed by atoms with Gasteiger partial charge in [0.15, 0.2) is 5.82 Å². The highest BCUT2D eigenvalue weighted by atomic mass is 35.5. The number of nitrogens with zero attached hydrogens (tertiary/aromatic N) is 3. The third-order valence-electron chi connectivity index (χ3n) is 3.15. The van der Waals surface area contributed by atoms with E-state index in [1.165, 1.54) is 27.8 Å². The van der Waals surface area contributed by atoms with E-state index in [2.05, 4.69) is 15.5 Å². The fourth-order valence-electron chi connectivity index (χ4n) is 1.95. The van der Waals surface area contributed by atoms with Crippen LogP contribution in [0, 0.1) is 0 Å². The maximum absolute atomic E-state index is 12.3. The molecular weight excluding hydrogens is 366 g/mol. The summed E-state index contributed by atoms with van der Waals surface area (Å²) in [6.45, 7) is 1.78. The summed E-state index contributed by atoms with van der Waals surface area (Å²) in [5.41, 5.74) is 0.647. The zero-order valence-electron chi connectivity index (χ0n) is 12.6. The zero-order valence-corrected chi connectivity index (χ0v) is 15.0. The lowest BCUT2D eigenvalue weighted by atomic mass is 10.3. The quantitative estimate of drug-likeness (QED) is 0.523. The number of nitrogen functional groups attached to an aromatic ring is 1. The number of halogens is 1. The number of anilines is 1. The average Bonchev–Trinajstić information content (AvgIpc) is 3.18. The second-order valence-corrected chi connectivity index (χ2v) is 7.61. The van der Waals surface area contributed by atoms with Crippen molar-refractivity contribution in [2.45, 2.75) is 17.3 Å². The predicted molar refractivity (Wildman–Crippen MR) is 98.9 cm³/mol. The van der Waals surface area contributed by atoms with E-state index in [4.69, 9.17) is 17.4 Å². The van der Waals surface area contributed by atoms with Gasteiger partial charge in [0, 0.05) is 10.7 Å². The van der Waals surface area contributed by atoms with Crippen LogP contribution in [-0.2, 0) is 4.79 Å². The number of aromatic nitrogens is 3. The van der Waals surface area contributed by atoms with Gasteiger partial charge in [-0.05, 0) is 36.6 Å². The Hall–Kier alpha value is -2.03. The third kappa shape index (κ3) is 3.72. The Kier molecular flexibility index (Phi) is 5.08. The minimum Gasteiger partial charge on any atom is -0.335 e. The summed E-state index contributed by atoms with van der Waals surface area (Å²) in [4.78, 5) is 13.2. The molecule has 124 valence electrons. The van der Waals surface area contributed by atoms with Crippen molar-refractivity contribution in [3.63, 3.8) is 0 Å². The number of thiophene rings is 1. The molecular formula is C15H14ClN5OS2. The first-order valence-electron chi connectivity index (χ1n) is 7.02. The van der Waals surface area contributed by atoms with E-state index in [0.29, 0.717) is 21.7 Å². The predicted octanol–water partition coefficient (Wildman–Crippen LogP) is 3.49. The lowest BCUT2D eigenvalue weighted by Crippen LogP contribution is -2.23. The molecule has 0 saturated heterocycles. The number of hydrogen-bond acceptors (Lipinski definition) is 6. The number of carbonyl (C=O) groups is 1. The number of nitrogens with one attached hydrogen (secondary N) is 1. The smallest absolute Gasteiger partial charge is 0.237 e. The number of nitrogens with two attached hydrogens (primary N) is 1. The summed E-state index contributed by atoms with van der Waals surface area (Å²) >= 11 is 8.69. The molecule has 6 nitrogen and oxygen atoms in total. The van der Waals surface area contributed by atoms with Gasteiger partial charge in [-0.25, -0.2) is 4.68 Å². The first kappa shape index (κ1) is 16.8. The molecule has 1 atom stereocenters. The van der Waals surface area contributed by atoms with Crippen LogP contribution in [0.5, 0.6) is 0 Å². The molecule has 3 aromatic rings. The molecule has 0 aliphatic rings. The second-order valence-electron chi connectivity index (χ2n) is 4.91. The van der Waals surface area contributed by atoms with E-state index in [9.17, 15) is 4.79 Å². The molecule has 0 aliphatic heterocycles. The number of amides is 1. The fraction of sp³-hybridized carbons (Fsp3) is 0.133. The van der Waals surface area contributed by atoms with Gasteiger partial charge in [0.2, 0.25) is 11.1 Å². The summed E-state index contributed by atoms with van der Waals surface area (Å²) in [7, 11) is 0. The Morgan fingerprint density at radius 2 is 2.21 bits per heavy atom. The van der Waals surface area contributed by atoms with Gasteiger partial charge in [-0.15, -0.1) is 21.5 Å². The summed E-state index contributed by atoms with van der Waals surface area (Å²) in [5, 5.41) is 13.6. The number of benzene rings is 1. The van der Waals surface area contributed by atoms with Crippen LogP contribution in [0.3, 0.4) is 0 Å². The highest BCUT2D eigenvalue weighted by molar-refractivity contribution is 8.00. The molecule has 1 aromatic carbocycles. The van der Waals surface area contributed by atoms with E-state index in [1.54, 1.807) is 31.2 Å². The Balaban J connectivity index is 1.68. The van der Waals surface area contributed by atoms with E-state index < -0.39 is 5.25 Å². The van der Waals surface area contributed by atoms with Crippen LogP contribution >= 0.6 is 34.7 Å². The monoisotopic (exact) mass is 379 g/mol. The fourth-order valence-corrected chi connectivity index (χ4v) is 3.62. The van der Waals surface area contributed by atoms with Crippen LogP contribution in [0.15, 0.2) is 46.9 Å². The minimum absolute atomic E-state index is 0.164. The lowest BCUT2D eigenvalue weighted by molar-refractivity contribution is -0.115. The van der Waals surface area contributed by atoms with E-state index in [-0.39, 0.29) is 5.91 Å². The highest BCUT2D eigenvalue weighted by Crippen LogP contribution is 2.27. The van der Waals surface area contributed by atoms with Gasteiger partial charge in [0.1, 0.15) is 0 Å². The molecule has 24 heavy (non-hydrogen) atoms. The van der Waals surface area contributed by atoms with Gasteiger partial charge in [0.25, 0.3) is 0 Å². The molecule has 0 fully saturated rings. The molecule has 1 amide bonds. The molecule has 1 unspecified atom stereocenters. The minimum atomic E-state index is -0.397. The largest absolute Gasteiger partial charge is 0.335 e. The third-order valence-corrected chi connectivity index (χ3v) is 5.31. The van der Waals surface area contributed by atoms with Gasteiger partial charge in [-0.3, -0.25) is 4.79 Å². The average molecular weight is 380 g/mol. The van der Waals surface area contributed by atoms with Gasteiger partial charge in [-0.2, -0.15) is 0 Å². The molecule has 0 saturated carbocycles. The van der Waals surface area contributed by atoms with Crippen molar-refractivity contribution in [1.29, 1.82) is 0 Å². The van der Waals surface area contributed by atoms with E-state index >= 15 is 0 Å². The topological polar surface area (TPSA) is 85.8 Å². The number of hydrogen-bond donors (Lipinski definition) is 2. The SMILES string of the molecule is CC(Sc1nnc(-c2cccs2)n1N)C(=O)Nc1cccc(Cl)c1. The normalized spacial score (nSPS) is 12.1. The molecule has 0 radical (unpaired) electrons. The lowest BCUT2D eigenvalue weighted by Gasteiger charge is -2.11. The molecule has 2 heterocycles. The highest BCUT2D eigenvalue weighted by Gasteiger charge is 2.20. The molecule has 0 spiro atoms. The van der Waals surface area contributed by atoms with E-state index in [1.807, 2.05) is 17.5 Å². The van der Waals surface area contributed by atoms with Gasteiger partial charge >= 0.3 is 0 Å². The first-order chi connectivity index (χ1) is 11.5. The summed E-state index contributed by atoms with van der Waals surface area (Å²) in [5.74, 6) is 6.46. The molecule has 9 heteroatoms. The molecule has 0 aliphatic carbocycles. The molecule has 3 N–H and O–H groups in total. The van der Waals surface area contributed by atoms with Crippen molar-refractivity contribution in [2.24, 2.45) is 0 Å². The molecule has 3 rings (SSSR count). The van der Waals surface area contributed by atoms with Gasteiger partial charge in [0.05, 0.1) is 10.1 Å². The standard InChI is InChI=1S/C15H14ClN5OS2/c1-9(14(22)18-11-5-2-4-10(16)8-11)24-15-20-19-13(21(15)17)12-6-3-7-23-12/h2-9H,17H2,1H3,(H,18,22). The van der Waals surface area contributed by atoms with Crippen molar-refractivity contribution in [3.05, 3.63) is 46.8 Å². The van der Waals surface area contributed by atoms with Crippen molar-refractivity contribution < 1.29 is 4.79 Å². The first-order valence-corrected chi connectivity index (χ1v) is 9.16. The van der Waals surface area contributed by atoms with Crippen molar-refractivity contribution >= 4 is 46.3 Å². The van der Waals surface area contributed by atoms with Crippen molar-refractivity contribution in [3.8, 4) is 10.7 Å². The summed E-state index contributed by atoms with van der Waals surface area (Å²) in [6.07, 6.45) is 0. The Morgan fingerprint density at radius 1 is 1.38 bits per heavy atom. The van der Waals surface area contributed by atoms with Crippen molar-refractivity contribution in [2.75, 3.05) is 11.2 Å². The van der Waals surface area contributed by atoms with Gasteiger partial charge in [-0.1, -0.05) is 35.5 Å². The zero-order chi connectivity index (χ0) is 17.1. The van der Waals surface area contributed by atoms with Crippen LogP contribution < -0.4 is 11.2 Å². The van der Waals surface area contributed by atoms with Crippen LogP contribution in [0.1, 0.15) is 6.92 Å². The second kappa shape index (κ2) is 7.25. The summed E-state index contributed by atoms with van der Waals surface area (Å²) in [6, 6.07) is 10.8. The van der Waals surface area contributed by atoms with Crippen LogP contribution in [0.4, 0.5) is 5.69 Å². The van der Waals surface area contributed by atoms with Crippen LogP contribution in [0.25, 0.3) is 10.7 Å². The summed E-state index contributed by atoms with van der Waals surface area (Å²) < 4.78 is 1.40. The Labute approximate surface area is 152 Å². The number of carbonyl (C=O) groups excluding carboxylic acids is 1. The van der Waals surface area contributed by atoms with Crippen molar-refractivity contribution in [1.82, 2.24) is 14.9 Å². The molecule has 2 aromatic heterocycles.